The van der Waals surface area contributed by atoms with Gasteiger partial charge in [-0.15, -0.1) is 5.10 Å². The maximum atomic E-state index is 14.1. The quantitative estimate of drug-likeness (QED) is 0.333. The van der Waals surface area contributed by atoms with Crippen LogP contribution in [-0.2, 0) is 7.05 Å². The summed E-state index contributed by atoms with van der Waals surface area (Å²) in [7, 11) is 1.81. The third kappa shape index (κ3) is 4.35. The van der Waals surface area contributed by atoms with Gasteiger partial charge in [-0.25, -0.2) is 9.50 Å². The lowest BCUT2D eigenvalue weighted by Crippen LogP contribution is -2.28. The molecule has 6 rings (SSSR count). The van der Waals surface area contributed by atoms with E-state index in [4.69, 9.17) is 10.2 Å². The topological polar surface area (TPSA) is 133 Å². The lowest BCUT2D eigenvalue weighted by molar-refractivity contribution is 0.0938. The molecule has 0 bridgehead atoms. The van der Waals surface area contributed by atoms with Gasteiger partial charge < -0.3 is 15.5 Å². The zero-order valence-electron chi connectivity index (χ0n) is 21.6. The van der Waals surface area contributed by atoms with E-state index in [1.165, 1.54) is 4.52 Å². The lowest BCUT2D eigenvalue weighted by atomic mass is 9.97. The molecule has 4 heterocycles. The molecule has 1 unspecified atom stereocenters. The highest BCUT2D eigenvalue weighted by molar-refractivity contribution is 6.04. The highest BCUT2D eigenvalue weighted by Crippen LogP contribution is 2.30. The van der Waals surface area contributed by atoms with E-state index < -0.39 is 11.9 Å². The molecule has 4 aromatic heterocycles. The largest absolute Gasteiger partial charge is 0.458 e. The Kier molecular flexibility index (Phi) is 6.09. The second-order valence-corrected chi connectivity index (χ2v) is 9.21. The molecule has 0 spiro atoms. The second-order valence-electron chi connectivity index (χ2n) is 9.21. The van der Waals surface area contributed by atoms with Crippen LogP contribution in [-0.4, -0.2) is 30.3 Å². The van der Waals surface area contributed by atoms with E-state index in [9.17, 15) is 9.59 Å². The SMILES string of the molecule is CC(NC(=O)c1c(N)nn2cccnc12)c1oc2cccc(C#Cc3cnn(C)c3)c2c(=O)c1-c1ccccc1. The van der Waals surface area contributed by atoms with Crippen LogP contribution in [0.4, 0.5) is 5.82 Å². The molecule has 2 aromatic carbocycles. The molecule has 0 saturated heterocycles. The van der Waals surface area contributed by atoms with Crippen molar-refractivity contribution in [3.8, 4) is 23.0 Å². The van der Waals surface area contributed by atoms with Gasteiger partial charge >= 0.3 is 0 Å². The normalized spacial score (nSPS) is 11.8. The summed E-state index contributed by atoms with van der Waals surface area (Å²) in [6.07, 6.45) is 6.67. The summed E-state index contributed by atoms with van der Waals surface area (Å²) in [5.41, 5.74) is 8.87. The molecule has 1 amide bonds. The average Bonchev–Trinajstić information content (AvgIpc) is 3.53. The van der Waals surface area contributed by atoms with Crippen molar-refractivity contribution in [3.05, 3.63) is 112 Å². The van der Waals surface area contributed by atoms with Crippen molar-refractivity contribution >= 4 is 28.3 Å². The fourth-order valence-corrected chi connectivity index (χ4v) is 4.63. The number of anilines is 1. The first kappa shape index (κ1) is 24.6. The van der Waals surface area contributed by atoms with Crippen molar-refractivity contribution in [2.45, 2.75) is 13.0 Å². The summed E-state index contributed by atoms with van der Waals surface area (Å²) in [5.74, 6) is 6.02. The zero-order valence-corrected chi connectivity index (χ0v) is 21.6. The number of aromatic nitrogens is 5. The minimum absolute atomic E-state index is 0.0449. The fraction of sp³-hybridized carbons (Fsp3) is 0.100. The van der Waals surface area contributed by atoms with Gasteiger partial charge in [-0.2, -0.15) is 5.10 Å². The van der Waals surface area contributed by atoms with Gasteiger partial charge in [0.2, 0.25) is 5.43 Å². The Morgan fingerprint density at radius 2 is 1.93 bits per heavy atom. The average molecular weight is 530 g/mol. The Morgan fingerprint density at radius 1 is 1.10 bits per heavy atom. The zero-order chi connectivity index (χ0) is 27.8. The third-order valence-electron chi connectivity index (χ3n) is 6.45. The van der Waals surface area contributed by atoms with Gasteiger partial charge in [0.25, 0.3) is 5.91 Å². The second kappa shape index (κ2) is 9.89. The number of nitrogens with two attached hydrogens (primary N) is 1. The van der Waals surface area contributed by atoms with Crippen LogP contribution in [0.1, 0.15) is 40.2 Å². The first-order chi connectivity index (χ1) is 19.4. The number of aryl methyl sites for hydroxylation is 1. The number of nitrogens with zero attached hydrogens (tertiary/aromatic N) is 5. The maximum Gasteiger partial charge on any atom is 0.259 e. The van der Waals surface area contributed by atoms with Crippen LogP contribution in [0.15, 0.2) is 88.6 Å². The van der Waals surface area contributed by atoms with Crippen LogP contribution < -0.4 is 16.5 Å². The summed E-state index contributed by atoms with van der Waals surface area (Å²) < 4.78 is 9.46. The van der Waals surface area contributed by atoms with E-state index in [2.05, 4.69) is 32.3 Å². The molecule has 1 atom stereocenters. The smallest absolute Gasteiger partial charge is 0.259 e. The molecule has 3 N–H and O–H groups in total. The number of nitrogen functional groups attached to an aromatic ring is 1. The van der Waals surface area contributed by atoms with Crippen LogP contribution in [0.25, 0.3) is 27.7 Å². The van der Waals surface area contributed by atoms with Gasteiger partial charge in [-0.05, 0) is 30.7 Å². The monoisotopic (exact) mass is 529 g/mol. The molecular formula is C30H23N7O3. The van der Waals surface area contributed by atoms with E-state index in [0.717, 1.165) is 5.56 Å². The molecule has 196 valence electrons. The maximum absolute atomic E-state index is 14.1. The molecule has 0 aliphatic carbocycles. The summed E-state index contributed by atoms with van der Waals surface area (Å²) in [4.78, 5) is 31.7. The lowest BCUT2D eigenvalue weighted by Gasteiger charge is -2.18. The molecule has 0 aliphatic rings. The van der Waals surface area contributed by atoms with E-state index >= 15 is 0 Å². The molecule has 10 nitrogen and oxygen atoms in total. The fourth-order valence-electron chi connectivity index (χ4n) is 4.63. The Hall–Kier alpha value is -5.69. The Bertz CT molecular complexity index is 2030. The molecule has 0 saturated carbocycles. The Morgan fingerprint density at radius 3 is 2.70 bits per heavy atom. The predicted octanol–water partition coefficient (Wildman–Crippen LogP) is 3.71. The Balaban J connectivity index is 1.48. The van der Waals surface area contributed by atoms with Crippen LogP contribution in [0.5, 0.6) is 0 Å². The molecule has 0 radical (unpaired) electrons. The summed E-state index contributed by atoms with van der Waals surface area (Å²) in [5, 5.41) is 11.6. The van der Waals surface area contributed by atoms with Crippen molar-refractivity contribution in [2.75, 3.05) is 5.73 Å². The molecule has 10 heteroatoms. The number of carbonyl (C=O) groups is 1. The standard InChI is InChI=1S/C30H23N7O3/c1-18(34-30(39)25-28(31)35-37-15-7-14-32-29(25)37)27-24(20-8-4-3-5-9-20)26(38)23-21(10-6-11-22(23)40-27)13-12-19-16-33-36(2)17-19/h3-11,14-18H,1-2H3,(H2,31,35)(H,34,39). The first-order valence-electron chi connectivity index (χ1n) is 12.5. The van der Waals surface area contributed by atoms with Gasteiger partial charge in [0.05, 0.1) is 28.8 Å². The van der Waals surface area contributed by atoms with Gasteiger partial charge in [-0.3, -0.25) is 14.3 Å². The minimum Gasteiger partial charge on any atom is -0.458 e. The van der Waals surface area contributed by atoms with Crippen LogP contribution >= 0.6 is 0 Å². The number of amides is 1. The molecule has 6 aromatic rings. The molecule has 0 aliphatic heterocycles. The molecular weight excluding hydrogens is 506 g/mol. The van der Waals surface area contributed by atoms with Crippen LogP contribution in [0.3, 0.4) is 0 Å². The van der Waals surface area contributed by atoms with Crippen molar-refractivity contribution in [2.24, 2.45) is 7.05 Å². The number of carbonyl (C=O) groups excluding carboxylic acids is 1. The summed E-state index contributed by atoms with van der Waals surface area (Å²) in [6, 6.07) is 15.5. The van der Waals surface area contributed by atoms with Gasteiger partial charge in [-0.1, -0.05) is 48.2 Å². The highest BCUT2D eigenvalue weighted by Gasteiger charge is 2.26. The van der Waals surface area contributed by atoms with Crippen LogP contribution in [0, 0.1) is 11.8 Å². The number of hydrogen-bond donors (Lipinski definition) is 2. The number of benzene rings is 2. The Labute approximate surface area is 228 Å². The first-order valence-corrected chi connectivity index (χ1v) is 12.5. The number of fused-ring (bicyclic) bond motifs is 2. The number of hydrogen-bond acceptors (Lipinski definition) is 7. The van der Waals surface area contributed by atoms with Crippen LogP contribution in [0.2, 0.25) is 0 Å². The third-order valence-corrected chi connectivity index (χ3v) is 6.45. The van der Waals surface area contributed by atoms with Gasteiger partial charge in [0, 0.05) is 31.2 Å². The van der Waals surface area contributed by atoms with Crippen molar-refractivity contribution in [1.82, 2.24) is 29.7 Å². The number of rotatable bonds is 4. The molecule has 40 heavy (non-hydrogen) atoms. The van der Waals surface area contributed by atoms with Gasteiger partial charge in [0.1, 0.15) is 16.9 Å². The number of nitrogens with one attached hydrogen (secondary N) is 1. The van der Waals surface area contributed by atoms with Crippen molar-refractivity contribution in [3.63, 3.8) is 0 Å². The minimum atomic E-state index is -0.706. The summed E-state index contributed by atoms with van der Waals surface area (Å²) >= 11 is 0. The molecule has 0 fully saturated rings. The van der Waals surface area contributed by atoms with Crippen molar-refractivity contribution in [1.29, 1.82) is 0 Å². The predicted molar refractivity (Wildman–Crippen MR) is 150 cm³/mol. The van der Waals surface area contributed by atoms with E-state index in [1.807, 2.05) is 37.4 Å². The van der Waals surface area contributed by atoms with E-state index in [1.54, 1.807) is 60.7 Å². The van der Waals surface area contributed by atoms with Gasteiger partial charge in [0.15, 0.2) is 11.5 Å². The van der Waals surface area contributed by atoms with E-state index in [-0.39, 0.29) is 16.8 Å². The summed E-state index contributed by atoms with van der Waals surface area (Å²) in [6.45, 7) is 1.75. The van der Waals surface area contributed by atoms with Crippen molar-refractivity contribution < 1.29 is 9.21 Å². The highest BCUT2D eigenvalue weighted by atomic mass is 16.3. The van der Waals surface area contributed by atoms with E-state index in [0.29, 0.717) is 39.1 Å².